The highest BCUT2D eigenvalue weighted by Crippen LogP contribution is 2.62. The van der Waals surface area contributed by atoms with Gasteiger partial charge in [-0.25, -0.2) is 4.99 Å². The van der Waals surface area contributed by atoms with E-state index in [4.69, 9.17) is 15.5 Å². The number of nitrogens with two attached hydrogens (primary N) is 1. The van der Waals surface area contributed by atoms with Crippen molar-refractivity contribution in [3.63, 3.8) is 0 Å². The number of benzene rings is 2. The number of aliphatic imine (C=N–C) groups is 2. The van der Waals surface area contributed by atoms with Gasteiger partial charge < -0.3 is 10.5 Å². The lowest BCUT2D eigenvalue weighted by molar-refractivity contribution is -0.131. The molecule has 1 unspecified atom stereocenters. The zero-order chi connectivity index (χ0) is 23.2. The Morgan fingerprint density at radius 2 is 1.91 bits per heavy atom. The van der Waals surface area contributed by atoms with Crippen molar-refractivity contribution in [2.45, 2.75) is 50.2 Å². The van der Waals surface area contributed by atoms with E-state index in [-0.39, 0.29) is 17.4 Å². The maximum Gasteiger partial charge on any atom is 0.231 e. The van der Waals surface area contributed by atoms with E-state index in [2.05, 4.69) is 47.5 Å². The summed E-state index contributed by atoms with van der Waals surface area (Å²) >= 11 is 0. The number of nitrogens with zero attached hydrogens (tertiary/aromatic N) is 3. The van der Waals surface area contributed by atoms with E-state index in [0.717, 1.165) is 54.4 Å². The molecular weight excluding hydrogens is 412 g/mol. The van der Waals surface area contributed by atoms with Crippen LogP contribution in [0.2, 0.25) is 0 Å². The van der Waals surface area contributed by atoms with Gasteiger partial charge in [0.05, 0.1) is 12.5 Å². The number of hydrogen-bond donors (Lipinski definition) is 1. The monoisotopic (exact) mass is 444 g/mol. The zero-order valence-corrected chi connectivity index (χ0v) is 19.7. The number of guanidine groups is 1. The fraction of sp³-hybridized carbons (Fsp3) is 0.444. The molecule has 33 heavy (non-hydrogen) atoms. The van der Waals surface area contributed by atoms with Gasteiger partial charge in [-0.2, -0.15) is 0 Å². The first-order valence-electron chi connectivity index (χ1n) is 11.7. The number of carbonyl (C=O) groups is 1. The summed E-state index contributed by atoms with van der Waals surface area (Å²) in [5.74, 6) is 0.356. The topological polar surface area (TPSA) is 80.3 Å². The number of fused-ring (bicyclic) bond motifs is 3. The van der Waals surface area contributed by atoms with Crippen LogP contribution in [-0.2, 0) is 21.5 Å². The average molecular weight is 445 g/mol. The highest BCUT2D eigenvalue weighted by molar-refractivity contribution is 5.99. The molecule has 1 fully saturated rings. The third kappa shape index (κ3) is 3.39. The van der Waals surface area contributed by atoms with Gasteiger partial charge in [0.15, 0.2) is 5.96 Å². The number of carbonyl (C=O) groups excluding carboxylic acids is 1. The second kappa shape index (κ2) is 8.10. The molecule has 2 aromatic rings. The van der Waals surface area contributed by atoms with Gasteiger partial charge in [0.25, 0.3) is 0 Å². The molecule has 2 spiro atoms. The summed E-state index contributed by atoms with van der Waals surface area (Å²) in [4.78, 5) is 23.9. The molecular formula is C27H32N4O2. The third-order valence-electron chi connectivity index (χ3n) is 8.11. The fourth-order valence-electron chi connectivity index (χ4n) is 6.25. The van der Waals surface area contributed by atoms with E-state index in [1.165, 1.54) is 10.5 Å². The van der Waals surface area contributed by atoms with Crippen LogP contribution < -0.4 is 5.73 Å². The Morgan fingerprint density at radius 1 is 1.15 bits per heavy atom. The lowest BCUT2D eigenvalue weighted by Gasteiger charge is -2.49. The standard InChI is InChI=1S/C27H32N4O2/c1-29-17-18-5-4-6-19(13-18)20-7-8-21-15-26(11-9-22(33-3)10-12-26)27(23(21)14-20)16-24(32)31(2)25(28)30-27/h4-8,13-14,17,22H,9-12,15-16H2,1-3H3,(H2,28,30)/b29-17+/t22-,26-,27?. The first-order chi connectivity index (χ1) is 15.9. The molecule has 1 heterocycles. The second-order valence-electron chi connectivity index (χ2n) is 9.74. The minimum absolute atomic E-state index is 0.0372. The number of hydrogen-bond acceptors (Lipinski definition) is 5. The van der Waals surface area contributed by atoms with Crippen LogP contribution in [0.15, 0.2) is 52.4 Å². The normalized spacial score (nSPS) is 29.2. The molecule has 1 atom stereocenters. The van der Waals surface area contributed by atoms with Gasteiger partial charge in [0.1, 0.15) is 5.54 Å². The molecule has 2 aromatic carbocycles. The van der Waals surface area contributed by atoms with Crippen LogP contribution in [0.5, 0.6) is 0 Å². The van der Waals surface area contributed by atoms with E-state index in [9.17, 15) is 4.79 Å². The lowest BCUT2D eigenvalue weighted by atomic mass is 9.60. The molecule has 0 saturated heterocycles. The Balaban J connectivity index is 1.65. The average Bonchev–Trinajstić information content (AvgIpc) is 3.06. The highest BCUT2D eigenvalue weighted by Gasteiger charge is 2.61. The van der Waals surface area contributed by atoms with Gasteiger partial charge in [0, 0.05) is 32.8 Å². The predicted octanol–water partition coefficient (Wildman–Crippen LogP) is 3.91. The largest absolute Gasteiger partial charge is 0.381 e. The van der Waals surface area contributed by atoms with Crippen LogP contribution in [0.1, 0.15) is 48.8 Å². The third-order valence-corrected chi connectivity index (χ3v) is 8.11. The van der Waals surface area contributed by atoms with Crippen molar-refractivity contribution in [2.24, 2.45) is 21.1 Å². The first-order valence-corrected chi connectivity index (χ1v) is 11.7. The van der Waals surface area contributed by atoms with Crippen molar-refractivity contribution in [3.05, 3.63) is 59.2 Å². The van der Waals surface area contributed by atoms with E-state index in [1.54, 1.807) is 21.2 Å². The molecule has 0 bridgehead atoms. The Labute approximate surface area is 195 Å². The molecule has 2 N–H and O–H groups in total. The molecule has 6 nitrogen and oxygen atoms in total. The number of rotatable bonds is 3. The Bertz CT molecular complexity index is 1150. The SMILES string of the molecule is C/N=C/c1cccc(-c2ccc3c(c2)C2(CC(=O)N(C)C(N)=N2)[C@]2(CC[C@H](OC)CC2)C3)c1. The zero-order valence-electron chi connectivity index (χ0n) is 19.7. The predicted molar refractivity (Wildman–Crippen MR) is 131 cm³/mol. The summed E-state index contributed by atoms with van der Waals surface area (Å²) in [6, 6.07) is 15.1. The van der Waals surface area contributed by atoms with Crippen LogP contribution in [-0.4, -0.2) is 50.3 Å². The van der Waals surface area contributed by atoms with Crippen molar-refractivity contribution < 1.29 is 9.53 Å². The van der Waals surface area contributed by atoms with E-state index >= 15 is 0 Å². The quantitative estimate of drug-likeness (QED) is 0.729. The summed E-state index contributed by atoms with van der Waals surface area (Å²) in [6.07, 6.45) is 7.35. The Hall–Kier alpha value is -2.99. The van der Waals surface area contributed by atoms with E-state index in [0.29, 0.717) is 12.4 Å². The van der Waals surface area contributed by atoms with Crippen molar-refractivity contribution in [3.8, 4) is 11.1 Å². The molecule has 1 amide bonds. The number of ether oxygens (including phenoxy) is 1. The van der Waals surface area contributed by atoms with Crippen molar-refractivity contribution >= 4 is 18.1 Å². The lowest BCUT2D eigenvalue weighted by Crippen LogP contribution is -2.54. The van der Waals surface area contributed by atoms with Crippen molar-refractivity contribution in [1.29, 1.82) is 0 Å². The summed E-state index contributed by atoms with van der Waals surface area (Å²) in [5.41, 5.74) is 11.4. The maximum absolute atomic E-state index is 13.1. The van der Waals surface area contributed by atoms with Gasteiger partial charge >= 0.3 is 0 Å². The Morgan fingerprint density at radius 3 is 2.61 bits per heavy atom. The summed E-state index contributed by atoms with van der Waals surface area (Å²) in [6.45, 7) is 0. The first kappa shape index (κ1) is 21.8. The minimum Gasteiger partial charge on any atom is -0.381 e. The van der Waals surface area contributed by atoms with Crippen LogP contribution in [0.3, 0.4) is 0 Å². The summed E-state index contributed by atoms with van der Waals surface area (Å²) in [5, 5.41) is 0. The molecule has 5 rings (SSSR count). The molecule has 6 heteroatoms. The molecule has 3 aliphatic rings. The minimum atomic E-state index is -0.618. The summed E-state index contributed by atoms with van der Waals surface area (Å²) in [7, 11) is 5.29. The Kier molecular flexibility index (Phi) is 5.36. The van der Waals surface area contributed by atoms with Gasteiger partial charge in [0.2, 0.25) is 5.91 Å². The molecule has 1 aliphatic heterocycles. The fourth-order valence-corrected chi connectivity index (χ4v) is 6.25. The van der Waals surface area contributed by atoms with E-state index < -0.39 is 5.54 Å². The number of methoxy groups -OCH3 is 1. The molecule has 0 aromatic heterocycles. The van der Waals surface area contributed by atoms with Gasteiger partial charge in [-0.15, -0.1) is 0 Å². The van der Waals surface area contributed by atoms with Gasteiger partial charge in [-0.3, -0.25) is 14.7 Å². The van der Waals surface area contributed by atoms with Crippen molar-refractivity contribution in [2.75, 3.05) is 21.2 Å². The van der Waals surface area contributed by atoms with Gasteiger partial charge in [-0.1, -0.05) is 30.3 Å². The van der Waals surface area contributed by atoms with E-state index in [1.807, 2.05) is 6.21 Å². The molecule has 0 radical (unpaired) electrons. The van der Waals surface area contributed by atoms with Crippen LogP contribution in [0.4, 0.5) is 0 Å². The smallest absolute Gasteiger partial charge is 0.231 e. The van der Waals surface area contributed by atoms with Gasteiger partial charge in [-0.05, 0) is 72.1 Å². The summed E-state index contributed by atoms with van der Waals surface area (Å²) < 4.78 is 5.67. The van der Waals surface area contributed by atoms with Crippen LogP contribution >= 0.6 is 0 Å². The molecule has 2 aliphatic carbocycles. The highest BCUT2D eigenvalue weighted by atomic mass is 16.5. The maximum atomic E-state index is 13.1. The second-order valence-corrected chi connectivity index (χ2v) is 9.74. The molecule has 172 valence electrons. The number of amides is 1. The van der Waals surface area contributed by atoms with Crippen LogP contribution in [0, 0.1) is 5.41 Å². The molecule has 1 saturated carbocycles. The van der Waals surface area contributed by atoms with Crippen LogP contribution in [0.25, 0.3) is 11.1 Å². The van der Waals surface area contributed by atoms with Crippen molar-refractivity contribution in [1.82, 2.24) is 4.90 Å².